The fraction of sp³-hybridized carbons (Fsp3) is 0.375. The molecule has 6 heteroatoms. The third-order valence-corrected chi connectivity index (χ3v) is 4.02. The van der Waals surface area contributed by atoms with Crippen molar-refractivity contribution in [2.24, 2.45) is 0 Å². The molecule has 0 bridgehead atoms. The number of aliphatic hydroxyl groups is 1. The van der Waals surface area contributed by atoms with Crippen molar-refractivity contribution < 1.29 is 5.11 Å². The summed E-state index contributed by atoms with van der Waals surface area (Å²) in [6.07, 6.45) is 0. The Balaban J connectivity index is 1.68. The molecular formula is C16H19N3O3. The van der Waals surface area contributed by atoms with Crippen LogP contribution in [0.2, 0.25) is 0 Å². The van der Waals surface area contributed by atoms with Gasteiger partial charge in [0, 0.05) is 38.4 Å². The molecule has 1 fully saturated rings. The zero-order valence-corrected chi connectivity index (χ0v) is 12.3. The lowest BCUT2D eigenvalue weighted by Gasteiger charge is -2.38. The summed E-state index contributed by atoms with van der Waals surface area (Å²) in [4.78, 5) is 27.7. The minimum absolute atomic E-state index is 0.0694. The molecule has 0 amide bonds. The standard InChI is InChI=1S/C16H19N3O3/c20-11-6-17-13-14(16(22)15(13)21)19-9-7-18(8-10-19)12-4-2-1-3-5-12/h1-5,17,20H,6-11H2. The first-order valence-electron chi connectivity index (χ1n) is 7.45. The van der Waals surface area contributed by atoms with Crippen molar-refractivity contribution in [2.75, 3.05) is 54.4 Å². The van der Waals surface area contributed by atoms with E-state index in [1.807, 2.05) is 23.1 Å². The number of anilines is 3. The van der Waals surface area contributed by atoms with Gasteiger partial charge < -0.3 is 20.2 Å². The molecule has 0 aromatic heterocycles. The Morgan fingerprint density at radius 3 is 2.23 bits per heavy atom. The van der Waals surface area contributed by atoms with Crippen molar-refractivity contribution in [3.05, 3.63) is 50.8 Å². The number of hydrogen-bond acceptors (Lipinski definition) is 6. The predicted molar refractivity (Wildman–Crippen MR) is 87.8 cm³/mol. The van der Waals surface area contributed by atoms with Gasteiger partial charge in [0.05, 0.1) is 6.61 Å². The van der Waals surface area contributed by atoms with Gasteiger partial charge in [-0.2, -0.15) is 0 Å². The second kappa shape index (κ2) is 6.19. The van der Waals surface area contributed by atoms with Crippen molar-refractivity contribution in [1.29, 1.82) is 0 Å². The molecule has 0 spiro atoms. The molecule has 3 rings (SSSR count). The number of nitrogens with zero attached hydrogens (tertiary/aromatic N) is 2. The van der Waals surface area contributed by atoms with Crippen molar-refractivity contribution >= 4 is 17.1 Å². The first-order chi connectivity index (χ1) is 10.7. The van der Waals surface area contributed by atoms with E-state index in [-0.39, 0.29) is 13.2 Å². The molecule has 6 nitrogen and oxygen atoms in total. The second-order valence-corrected chi connectivity index (χ2v) is 5.34. The van der Waals surface area contributed by atoms with Gasteiger partial charge in [0.15, 0.2) is 0 Å². The van der Waals surface area contributed by atoms with Crippen LogP contribution in [0.3, 0.4) is 0 Å². The number of aliphatic hydroxyl groups excluding tert-OH is 1. The van der Waals surface area contributed by atoms with Gasteiger partial charge in [-0.25, -0.2) is 0 Å². The van der Waals surface area contributed by atoms with E-state index in [0.29, 0.717) is 24.5 Å². The highest BCUT2D eigenvalue weighted by molar-refractivity contribution is 5.75. The van der Waals surface area contributed by atoms with Gasteiger partial charge in [-0.05, 0) is 12.1 Å². The summed E-state index contributed by atoms with van der Waals surface area (Å²) < 4.78 is 0. The normalized spacial score (nSPS) is 15.3. The second-order valence-electron chi connectivity index (χ2n) is 5.34. The van der Waals surface area contributed by atoms with Crippen LogP contribution in [-0.4, -0.2) is 44.4 Å². The summed E-state index contributed by atoms with van der Waals surface area (Å²) in [5, 5.41) is 11.7. The first-order valence-corrected chi connectivity index (χ1v) is 7.45. The molecular weight excluding hydrogens is 282 g/mol. The third kappa shape index (κ3) is 2.57. The van der Waals surface area contributed by atoms with Gasteiger partial charge in [-0.3, -0.25) is 9.59 Å². The Kier molecular flexibility index (Phi) is 4.11. The van der Waals surface area contributed by atoms with Crippen molar-refractivity contribution in [1.82, 2.24) is 0 Å². The van der Waals surface area contributed by atoms with E-state index in [1.54, 1.807) is 0 Å². The largest absolute Gasteiger partial charge is 0.395 e. The maximum atomic E-state index is 11.8. The molecule has 2 N–H and O–H groups in total. The van der Waals surface area contributed by atoms with Crippen molar-refractivity contribution in [3.63, 3.8) is 0 Å². The Hall–Kier alpha value is -2.34. The fourth-order valence-electron chi connectivity index (χ4n) is 2.85. The molecule has 0 unspecified atom stereocenters. The third-order valence-electron chi connectivity index (χ3n) is 4.02. The molecule has 1 saturated heterocycles. The lowest BCUT2D eigenvalue weighted by molar-refractivity contribution is 0.311. The average Bonchev–Trinajstić information content (AvgIpc) is 2.59. The molecule has 1 aliphatic rings. The van der Waals surface area contributed by atoms with E-state index in [0.717, 1.165) is 13.1 Å². The molecule has 2 aromatic rings. The fourth-order valence-corrected chi connectivity index (χ4v) is 2.85. The van der Waals surface area contributed by atoms with Gasteiger partial charge in [-0.1, -0.05) is 18.2 Å². The first kappa shape index (κ1) is 14.6. The van der Waals surface area contributed by atoms with Crippen LogP contribution in [0.1, 0.15) is 0 Å². The molecule has 0 aliphatic carbocycles. The number of benzene rings is 1. The molecule has 2 aromatic carbocycles. The highest BCUT2D eigenvalue weighted by atomic mass is 16.3. The highest BCUT2D eigenvalue weighted by Gasteiger charge is 2.28. The number of hydrogen-bond donors (Lipinski definition) is 2. The number of piperazine rings is 1. The van der Waals surface area contributed by atoms with Crippen LogP contribution in [0.15, 0.2) is 39.9 Å². The zero-order valence-electron chi connectivity index (χ0n) is 12.3. The monoisotopic (exact) mass is 301 g/mol. The van der Waals surface area contributed by atoms with E-state index < -0.39 is 10.9 Å². The van der Waals surface area contributed by atoms with Crippen molar-refractivity contribution in [2.45, 2.75) is 0 Å². The molecule has 116 valence electrons. The van der Waals surface area contributed by atoms with Crippen molar-refractivity contribution in [3.8, 4) is 0 Å². The van der Waals surface area contributed by atoms with Crippen LogP contribution in [-0.2, 0) is 0 Å². The average molecular weight is 301 g/mol. The van der Waals surface area contributed by atoms with Crippen LogP contribution >= 0.6 is 0 Å². The lowest BCUT2D eigenvalue weighted by atomic mass is 10.1. The highest BCUT2D eigenvalue weighted by Crippen LogP contribution is 2.23. The van der Waals surface area contributed by atoms with Crippen LogP contribution in [0.4, 0.5) is 17.1 Å². The van der Waals surface area contributed by atoms with Gasteiger partial charge in [0.2, 0.25) is 0 Å². The van der Waals surface area contributed by atoms with Gasteiger partial charge in [-0.15, -0.1) is 0 Å². The lowest BCUT2D eigenvalue weighted by Crippen LogP contribution is -2.51. The van der Waals surface area contributed by atoms with Crippen LogP contribution in [0.5, 0.6) is 0 Å². The summed E-state index contributed by atoms with van der Waals surface area (Å²) in [7, 11) is 0. The predicted octanol–water partition coefficient (Wildman–Crippen LogP) is 0.0134. The van der Waals surface area contributed by atoms with E-state index in [2.05, 4.69) is 22.3 Å². The Bertz CT molecular complexity index is 699. The molecule has 0 atom stereocenters. The minimum Gasteiger partial charge on any atom is -0.395 e. The molecule has 1 aliphatic heterocycles. The van der Waals surface area contributed by atoms with Crippen LogP contribution in [0, 0.1) is 0 Å². The maximum absolute atomic E-state index is 11.8. The van der Waals surface area contributed by atoms with Gasteiger partial charge >= 0.3 is 0 Å². The zero-order chi connectivity index (χ0) is 15.5. The maximum Gasteiger partial charge on any atom is 0.253 e. The summed E-state index contributed by atoms with van der Waals surface area (Å²) in [6.45, 7) is 3.23. The Labute approximate surface area is 128 Å². The number of rotatable bonds is 5. The van der Waals surface area contributed by atoms with E-state index in [4.69, 9.17) is 5.11 Å². The smallest absolute Gasteiger partial charge is 0.253 e. The Morgan fingerprint density at radius 1 is 0.955 bits per heavy atom. The van der Waals surface area contributed by atoms with Crippen LogP contribution in [0.25, 0.3) is 0 Å². The molecule has 0 saturated carbocycles. The van der Waals surface area contributed by atoms with Gasteiger partial charge in [0.25, 0.3) is 10.9 Å². The van der Waals surface area contributed by atoms with E-state index >= 15 is 0 Å². The summed E-state index contributed by atoms with van der Waals surface area (Å²) in [5.41, 5.74) is 1.10. The number of nitrogens with one attached hydrogen (secondary N) is 1. The molecule has 1 heterocycles. The molecule has 0 radical (unpaired) electrons. The van der Waals surface area contributed by atoms with Crippen LogP contribution < -0.4 is 26.0 Å². The summed E-state index contributed by atoms with van der Waals surface area (Å²) in [5.74, 6) is 0. The minimum atomic E-state index is -0.478. The van der Waals surface area contributed by atoms with E-state index in [9.17, 15) is 9.59 Å². The SMILES string of the molecule is O=c1c(NCCO)c(N2CCN(c3ccccc3)CC2)c1=O. The quantitative estimate of drug-likeness (QED) is 0.758. The summed E-state index contributed by atoms with van der Waals surface area (Å²) in [6, 6.07) is 10.1. The molecule has 22 heavy (non-hydrogen) atoms. The number of para-hydroxylation sites is 1. The van der Waals surface area contributed by atoms with Gasteiger partial charge in [0.1, 0.15) is 11.4 Å². The summed E-state index contributed by atoms with van der Waals surface area (Å²) >= 11 is 0. The topological polar surface area (TPSA) is 72.9 Å². The van der Waals surface area contributed by atoms with E-state index in [1.165, 1.54) is 5.69 Å². The Morgan fingerprint density at radius 2 is 1.59 bits per heavy atom.